The Morgan fingerprint density at radius 1 is 1.08 bits per heavy atom. The molecular weight excluding hydrogens is 326 g/mol. The molecule has 0 spiro atoms. The second-order valence-corrected chi connectivity index (χ2v) is 8.47. The van der Waals surface area contributed by atoms with E-state index in [4.69, 9.17) is 9.47 Å². The highest BCUT2D eigenvalue weighted by atomic mass is 16.6. The van der Waals surface area contributed by atoms with Gasteiger partial charge in [-0.2, -0.15) is 0 Å². The van der Waals surface area contributed by atoms with Gasteiger partial charge >= 0.3 is 18.1 Å². The molecule has 0 bridgehead atoms. The minimum absolute atomic E-state index is 0.116. The number of methoxy groups -OCH3 is 1. The van der Waals surface area contributed by atoms with E-state index in [9.17, 15) is 14.4 Å². The number of carbonyl (C=O) groups excluding carboxylic acids is 3. The second kappa shape index (κ2) is 6.38. The molecule has 0 aliphatic carbocycles. The van der Waals surface area contributed by atoms with Crippen molar-refractivity contribution in [3.63, 3.8) is 0 Å². The molecule has 0 saturated carbocycles. The van der Waals surface area contributed by atoms with Crippen molar-refractivity contribution in [1.29, 1.82) is 0 Å². The lowest BCUT2D eigenvalue weighted by Gasteiger charge is -2.42. The maximum absolute atomic E-state index is 12.7. The van der Waals surface area contributed by atoms with E-state index in [-0.39, 0.29) is 18.1 Å². The second-order valence-electron chi connectivity index (χ2n) is 8.47. The monoisotopic (exact) mass is 355 g/mol. The highest BCUT2D eigenvalue weighted by Crippen LogP contribution is 2.31. The van der Waals surface area contributed by atoms with Crippen molar-refractivity contribution in [1.82, 2.24) is 14.7 Å². The van der Waals surface area contributed by atoms with Crippen LogP contribution in [0.25, 0.3) is 0 Å². The molecule has 2 fully saturated rings. The fourth-order valence-corrected chi connectivity index (χ4v) is 3.25. The third kappa shape index (κ3) is 3.82. The van der Waals surface area contributed by atoms with Crippen LogP contribution in [0.5, 0.6) is 0 Å². The standard InChI is InChI=1S/C17H29N3O5/c1-16(2,3)20-10-11-12(13(21)24-7)19(9-8-18(11)14(20)22)15(23)25-17(4,5)6/h11-12H,8-10H2,1-7H3/t11?,12-/m0/s1. The van der Waals surface area contributed by atoms with E-state index in [0.29, 0.717) is 13.1 Å². The SMILES string of the molecule is COC(=O)[C@@H]1C2CN(C(C)(C)C)C(=O)N2CCN1C(=O)OC(C)(C)C. The third-order valence-electron chi connectivity index (χ3n) is 4.41. The van der Waals surface area contributed by atoms with Crippen LogP contribution >= 0.6 is 0 Å². The van der Waals surface area contributed by atoms with Gasteiger partial charge in [0.2, 0.25) is 0 Å². The summed E-state index contributed by atoms with van der Waals surface area (Å²) in [4.78, 5) is 42.5. The highest BCUT2D eigenvalue weighted by molar-refractivity contribution is 5.86. The van der Waals surface area contributed by atoms with Gasteiger partial charge in [-0.05, 0) is 41.5 Å². The number of esters is 1. The Bertz CT molecular complexity index is 564. The highest BCUT2D eigenvalue weighted by Gasteiger charge is 2.53. The minimum atomic E-state index is -0.870. The first-order valence-electron chi connectivity index (χ1n) is 8.52. The lowest BCUT2D eigenvalue weighted by Crippen LogP contribution is -2.63. The molecule has 2 saturated heterocycles. The number of rotatable bonds is 1. The maximum atomic E-state index is 12.7. The molecule has 0 aromatic heterocycles. The van der Waals surface area contributed by atoms with Gasteiger partial charge in [-0.1, -0.05) is 0 Å². The van der Waals surface area contributed by atoms with E-state index in [1.807, 2.05) is 20.8 Å². The molecule has 25 heavy (non-hydrogen) atoms. The van der Waals surface area contributed by atoms with Crippen molar-refractivity contribution in [2.24, 2.45) is 0 Å². The predicted molar refractivity (Wildman–Crippen MR) is 91.1 cm³/mol. The van der Waals surface area contributed by atoms with Crippen molar-refractivity contribution < 1.29 is 23.9 Å². The fraction of sp³-hybridized carbons (Fsp3) is 0.824. The van der Waals surface area contributed by atoms with E-state index in [1.165, 1.54) is 12.0 Å². The Kier molecular flexibility index (Phi) is 4.94. The number of nitrogens with zero attached hydrogens (tertiary/aromatic N) is 3. The first-order chi connectivity index (χ1) is 11.4. The van der Waals surface area contributed by atoms with Crippen LogP contribution in [0.4, 0.5) is 9.59 Å². The zero-order chi connectivity index (χ0) is 19.2. The van der Waals surface area contributed by atoms with Crippen molar-refractivity contribution in [2.45, 2.75) is 64.8 Å². The Morgan fingerprint density at radius 3 is 2.16 bits per heavy atom. The molecule has 3 amide bonds. The molecule has 2 rings (SSSR count). The predicted octanol–water partition coefficient (Wildman–Crippen LogP) is 1.68. The van der Waals surface area contributed by atoms with Crippen LogP contribution in [0, 0.1) is 0 Å². The van der Waals surface area contributed by atoms with Crippen LogP contribution in [0.2, 0.25) is 0 Å². The molecule has 142 valence electrons. The van der Waals surface area contributed by atoms with E-state index in [2.05, 4.69) is 0 Å². The quantitative estimate of drug-likeness (QED) is 0.669. The molecule has 1 unspecified atom stereocenters. The Labute approximate surface area is 149 Å². The van der Waals surface area contributed by atoms with Crippen molar-refractivity contribution in [2.75, 3.05) is 26.7 Å². The number of hydrogen-bond acceptors (Lipinski definition) is 5. The van der Waals surface area contributed by atoms with Crippen molar-refractivity contribution >= 4 is 18.1 Å². The summed E-state index contributed by atoms with van der Waals surface area (Å²) in [7, 11) is 1.28. The molecule has 8 nitrogen and oxygen atoms in total. The average Bonchev–Trinajstić information content (AvgIpc) is 2.81. The summed E-state index contributed by atoms with van der Waals surface area (Å²) in [5, 5.41) is 0. The molecule has 2 aliphatic heterocycles. The minimum Gasteiger partial charge on any atom is -0.467 e. The molecule has 2 aliphatic rings. The fourth-order valence-electron chi connectivity index (χ4n) is 3.25. The molecule has 0 aromatic carbocycles. The Hall–Kier alpha value is -1.99. The van der Waals surface area contributed by atoms with Gasteiger partial charge < -0.3 is 19.3 Å². The van der Waals surface area contributed by atoms with Gasteiger partial charge in [0.05, 0.1) is 13.2 Å². The van der Waals surface area contributed by atoms with E-state index in [0.717, 1.165) is 0 Å². The lowest BCUT2D eigenvalue weighted by atomic mass is 10.0. The van der Waals surface area contributed by atoms with Crippen molar-refractivity contribution in [3.05, 3.63) is 0 Å². The number of carbonyl (C=O) groups is 3. The topological polar surface area (TPSA) is 79.4 Å². The Balaban J connectivity index is 2.31. The average molecular weight is 355 g/mol. The van der Waals surface area contributed by atoms with E-state index >= 15 is 0 Å². The van der Waals surface area contributed by atoms with Gasteiger partial charge in [-0.25, -0.2) is 14.4 Å². The maximum Gasteiger partial charge on any atom is 0.411 e. The molecule has 2 heterocycles. The molecule has 8 heteroatoms. The van der Waals surface area contributed by atoms with Crippen LogP contribution in [-0.4, -0.2) is 82.8 Å². The van der Waals surface area contributed by atoms with Gasteiger partial charge in [-0.15, -0.1) is 0 Å². The zero-order valence-corrected chi connectivity index (χ0v) is 16.2. The summed E-state index contributed by atoms with van der Waals surface area (Å²) in [5.41, 5.74) is -1.04. The number of fused-ring (bicyclic) bond motifs is 1. The summed E-state index contributed by atoms with van der Waals surface area (Å²) in [6, 6.07) is -1.43. The van der Waals surface area contributed by atoms with Crippen LogP contribution in [0.15, 0.2) is 0 Å². The first kappa shape index (κ1) is 19.3. The van der Waals surface area contributed by atoms with E-state index in [1.54, 1.807) is 30.6 Å². The van der Waals surface area contributed by atoms with Gasteiger partial charge in [-0.3, -0.25) is 4.90 Å². The van der Waals surface area contributed by atoms with Gasteiger partial charge in [0.15, 0.2) is 6.04 Å². The zero-order valence-electron chi connectivity index (χ0n) is 16.2. The number of amides is 3. The van der Waals surface area contributed by atoms with Gasteiger partial charge in [0, 0.05) is 25.2 Å². The van der Waals surface area contributed by atoms with Crippen LogP contribution in [-0.2, 0) is 14.3 Å². The normalized spacial score (nSPS) is 24.3. The molecule has 0 radical (unpaired) electrons. The number of urea groups is 1. The molecular formula is C17H29N3O5. The smallest absolute Gasteiger partial charge is 0.411 e. The third-order valence-corrected chi connectivity index (χ3v) is 4.41. The Morgan fingerprint density at radius 2 is 1.68 bits per heavy atom. The molecule has 0 N–H and O–H groups in total. The largest absolute Gasteiger partial charge is 0.467 e. The molecule has 0 aromatic rings. The van der Waals surface area contributed by atoms with Crippen molar-refractivity contribution in [3.8, 4) is 0 Å². The summed E-state index contributed by atoms with van der Waals surface area (Å²) >= 11 is 0. The first-order valence-corrected chi connectivity index (χ1v) is 8.52. The lowest BCUT2D eigenvalue weighted by molar-refractivity contribution is -0.150. The molecule has 2 atom stereocenters. The number of piperazine rings is 1. The summed E-state index contributed by atoms with van der Waals surface area (Å²) in [5.74, 6) is -0.538. The van der Waals surface area contributed by atoms with E-state index < -0.39 is 29.7 Å². The van der Waals surface area contributed by atoms with Crippen LogP contribution < -0.4 is 0 Å². The van der Waals surface area contributed by atoms with Gasteiger partial charge in [0.25, 0.3) is 0 Å². The summed E-state index contributed by atoms with van der Waals surface area (Å²) < 4.78 is 10.4. The van der Waals surface area contributed by atoms with Crippen LogP contribution in [0.3, 0.4) is 0 Å². The number of hydrogen-bond donors (Lipinski definition) is 0. The van der Waals surface area contributed by atoms with Crippen LogP contribution in [0.1, 0.15) is 41.5 Å². The van der Waals surface area contributed by atoms with Gasteiger partial charge in [0.1, 0.15) is 5.60 Å². The summed E-state index contributed by atoms with van der Waals surface area (Å²) in [6.45, 7) is 12.1. The summed E-state index contributed by atoms with van der Waals surface area (Å²) in [6.07, 6.45) is -0.566. The number of ether oxygens (including phenoxy) is 2.